The van der Waals surface area contributed by atoms with Crippen LogP contribution in [0.1, 0.15) is 22.8 Å². The number of nitrogens with zero attached hydrogens (tertiary/aromatic N) is 1. The molecule has 0 atom stereocenters. The van der Waals surface area contributed by atoms with E-state index in [1.54, 1.807) is 0 Å². The summed E-state index contributed by atoms with van der Waals surface area (Å²) in [5.41, 5.74) is -1.57. The molecule has 2 aromatic carbocycles. The Hall–Kier alpha value is -2.63. The maximum Gasteiger partial charge on any atom is 0.416 e. The Kier molecular flexibility index (Phi) is 6.80. The van der Waals surface area contributed by atoms with Crippen LogP contribution in [0, 0.1) is 0 Å². The molecule has 2 amide bonds. The molecule has 30 heavy (non-hydrogen) atoms. The molecular formula is C18H17ClF3N3O4S. The van der Waals surface area contributed by atoms with E-state index in [4.69, 9.17) is 11.6 Å². The molecule has 2 rings (SSSR count). The molecule has 0 radical (unpaired) electrons. The average molecular weight is 464 g/mol. The van der Waals surface area contributed by atoms with Crippen LogP contribution in [0.5, 0.6) is 0 Å². The number of alkyl halides is 3. The molecule has 12 heteroatoms. The third kappa shape index (κ3) is 5.29. The monoisotopic (exact) mass is 463 g/mol. The standard InChI is InChI=1S/C18H17ClF3N3O4S/c1-10(26)23-14-7-5-12(18(20,21)22)9-15(14)24-17(27)11-4-6-13(19)16(8-11)30(28,29)25(2)3/h4-9H,1-3H3,(H,23,26)(H,24,27). The van der Waals surface area contributed by atoms with Crippen molar-refractivity contribution in [2.24, 2.45) is 0 Å². The highest BCUT2D eigenvalue weighted by molar-refractivity contribution is 7.89. The number of carbonyl (C=O) groups is 2. The second kappa shape index (κ2) is 8.62. The zero-order valence-electron chi connectivity index (χ0n) is 16.0. The first-order valence-corrected chi connectivity index (χ1v) is 10.1. The van der Waals surface area contributed by atoms with E-state index in [2.05, 4.69) is 10.6 Å². The Morgan fingerprint density at radius 1 is 1.00 bits per heavy atom. The number of nitrogens with one attached hydrogen (secondary N) is 2. The van der Waals surface area contributed by atoms with Crippen molar-refractivity contribution in [1.29, 1.82) is 0 Å². The van der Waals surface area contributed by atoms with Gasteiger partial charge in [-0.15, -0.1) is 0 Å². The van der Waals surface area contributed by atoms with Gasteiger partial charge in [0.1, 0.15) is 4.90 Å². The molecule has 0 spiro atoms. The molecule has 0 fully saturated rings. The lowest BCUT2D eigenvalue weighted by molar-refractivity contribution is -0.137. The molecule has 2 aromatic rings. The Labute approximate surface area is 175 Å². The number of carbonyl (C=O) groups excluding carboxylic acids is 2. The summed E-state index contributed by atoms with van der Waals surface area (Å²) in [4.78, 5) is 23.6. The zero-order chi connectivity index (χ0) is 22.9. The molecule has 162 valence electrons. The number of anilines is 2. The van der Waals surface area contributed by atoms with Crippen molar-refractivity contribution in [3.8, 4) is 0 Å². The smallest absolute Gasteiger partial charge is 0.325 e. The maximum atomic E-state index is 13.0. The van der Waals surface area contributed by atoms with Gasteiger partial charge < -0.3 is 10.6 Å². The number of sulfonamides is 1. The van der Waals surface area contributed by atoms with Crippen molar-refractivity contribution in [1.82, 2.24) is 4.31 Å². The number of halogens is 4. The molecule has 0 aliphatic carbocycles. The first kappa shape index (κ1) is 23.6. The number of amides is 2. The van der Waals surface area contributed by atoms with E-state index >= 15 is 0 Å². The Morgan fingerprint density at radius 3 is 2.17 bits per heavy atom. The fourth-order valence-corrected chi connectivity index (χ4v) is 3.75. The highest BCUT2D eigenvalue weighted by atomic mass is 35.5. The van der Waals surface area contributed by atoms with E-state index in [0.717, 1.165) is 29.4 Å². The van der Waals surface area contributed by atoms with Gasteiger partial charge in [-0.05, 0) is 36.4 Å². The summed E-state index contributed by atoms with van der Waals surface area (Å²) in [5.74, 6) is -1.45. The highest BCUT2D eigenvalue weighted by Crippen LogP contribution is 2.34. The maximum absolute atomic E-state index is 13.0. The molecule has 0 heterocycles. The van der Waals surface area contributed by atoms with Crippen molar-refractivity contribution in [3.05, 3.63) is 52.5 Å². The van der Waals surface area contributed by atoms with Crippen LogP contribution in [0.25, 0.3) is 0 Å². The van der Waals surface area contributed by atoms with Crippen LogP contribution in [-0.2, 0) is 21.0 Å². The highest BCUT2D eigenvalue weighted by Gasteiger charge is 2.31. The number of hydrogen-bond donors (Lipinski definition) is 2. The Morgan fingerprint density at radius 2 is 1.63 bits per heavy atom. The van der Waals surface area contributed by atoms with Gasteiger partial charge in [-0.25, -0.2) is 12.7 Å². The summed E-state index contributed by atoms with van der Waals surface area (Å²) >= 11 is 5.93. The van der Waals surface area contributed by atoms with E-state index in [0.29, 0.717) is 6.07 Å². The van der Waals surface area contributed by atoms with Crippen molar-refractivity contribution in [2.45, 2.75) is 18.0 Å². The van der Waals surface area contributed by atoms with Gasteiger partial charge in [0.25, 0.3) is 5.91 Å². The minimum atomic E-state index is -4.68. The van der Waals surface area contributed by atoms with Gasteiger partial charge in [0.2, 0.25) is 15.9 Å². The van der Waals surface area contributed by atoms with Gasteiger partial charge in [-0.3, -0.25) is 9.59 Å². The predicted molar refractivity (Wildman–Crippen MR) is 106 cm³/mol. The first-order valence-electron chi connectivity index (χ1n) is 8.25. The van der Waals surface area contributed by atoms with Gasteiger partial charge in [0.05, 0.1) is 22.0 Å². The molecule has 0 aliphatic rings. The van der Waals surface area contributed by atoms with E-state index < -0.39 is 33.6 Å². The van der Waals surface area contributed by atoms with Crippen molar-refractivity contribution < 1.29 is 31.2 Å². The Bertz CT molecular complexity index is 1100. The van der Waals surface area contributed by atoms with Crippen LogP contribution in [0.3, 0.4) is 0 Å². The molecule has 0 aliphatic heterocycles. The van der Waals surface area contributed by atoms with Crippen LogP contribution in [0.2, 0.25) is 5.02 Å². The van der Waals surface area contributed by atoms with Crippen LogP contribution in [-0.4, -0.2) is 38.6 Å². The lowest BCUT2D eigenvalue weighted by Gasteiger charge is -2.16. The average Bonchev–Trinajstić information content (AvgIpc) is 2.61. The molecule has 2 N–H and O–H groups in total. The lowest BCUT2D eigenvalue weighted by Crippen LogP contribution is -2.23. The van der Waals surface area contributed by atoms with Gasteiger partial charge in [0, 0.05) is 26.6 Å². The Balaban J connectivity index is 2.48. The largest absolute Gasteiger partial charge is 0.416 e. The number of benzene rings is 2. The zero-order valence-corrected chi connectivity index (χ0v) is 17.5. The molecule has 0 saturated heterocycles. The summed E-state index contributed by atoms with van der Waals surface area (Å²) in [6.45, 7) is 1.15. The summed E-state index contributed by atoms with van der Waals surface area (Å²) in [7, 11) is -1.41. The fraction of sp³-hybridized carbons (Fsp3) is 0.222. The van der Waals surface area contributed by atoms with Crippen LogP contribution < -0.4 is 10.6 Å². The molecule has 0 bridgehead atoms. The second-order valence-electron chi connectivity index (χ2n) is 6.33. The molecule has 0 saturated carbocycles. The van der Waals surface area contributed by atoms with Gasteiger partial charge in [0.15, 0.2) is 0 Å². The summed E-state index contributed by atoms with van der Waals surface area (Å²) in [6, 6.07) is 5.84. The number of hydrogen-bond acceptors (Lipinski definition) is 4. The summed E-state index contributed by atoms with van der Waals surface area (Å²) < 4.78 is 64.7. The van der Waals surface area contributed by atoms with Crippen molar-refractivity contribution in [3.63, 3.8) is 0 Å². The second-order valence-corrected chi connectivity index (χ2v) is 8.85. The first-order chi connectivity index (χ1) is 13.7. The minimum Gasteiger partial charge on any atom is -0.325 e. The minimum absolute atomic E-state index is 0.0565. The van der Waals surface area contributed by atoms with E-state index in [1.807, 2.05) is 0 Å². The van der Waals surface area contributed by atoms with Gasteiger partial charge in [-0.2, -0.15) is 13.2 Å². The SMILES string of the molecule is CC(=O)Nc1ccc(C(F)(F)F)cc1NC(=O)c1ccc(Cl)c(S(=O)(=O)N(C)C)c1. The molecule has 7 nitrogen and oxygen atoms in total. The predicted octanol–water partition coefficient (Wildman–Crippen LogP) is 3.82. The molecule has 0 unspecified atom stereocenters. The van der Waals surface area contributed by atoms with Crippen LogP contribution in [0.4, 0.5) is 24.5 Å². The number of rotatable bonds is 5. The van der Waals surface area contributed by atoms with Crippen molar-refractivity contribution >= 4 is 44.8 Å². The fourth-order valence-electron chi connectivity index (χ4n) is 2.36. The molecule has 0 aromatic heterocycles. The van der Waals surface area contributed by atoms with E-state index in [-0.39, 0.29) is 26.9 Å². The van der Waals surface area contributed by atoms with Crippen LogP contribution in [0.15, 0.2) is 41.3 Å². The summed E-state index contributed by atoms with van der Waals surface area (Å²) in [5, 5.41) is 4.46. The third-order valence-electron chi connectivity index (χ3n) is 3.86. The topological polar surface area (TPSA) is 95.6 Å². The van der Waals surface area contributed by atoms with Gasteiger partial charge >= 0.3 is 6.18 Å². The normalized spacial score (nSPS) is 12.0. The van der Waals surface area contributed by atoms with E-state index in [9.17, 15) is 31.2 Å². The van der Waals surface area contributed by atoms with Crippen molar-refractivity contribution in [2.75, 3.05) is 24.7 Å². The quantitative estimate of drug-likeness (QED) is 0.704. The van der Waals surface area contributed by atoms with Gasteiger partial charge in [-0.1, -0.05) is 11.6 Å². The third-order valence-corrected chi connectivity index (χ3v) is 6.15. The lowest BCUT2D eigenvalue weighted by atomic mass is 10.1. The molecular weight excluding hydrogens is 447 g/mol. The summed E-state index contributed by atoms with van der Waals surface area (Å²) in [6.07, 6.45) is -4.68. The van der Waals surface area contributed by atoms with E-state index in [1.165, 1.54) is 26.2 Å². The van der Waals surface area contributed by atoms with Crippen LogP contribution >= 0.6 is 11.6 Å².